The van der Waals surface area contributed by atoms with E-state index in [2.05, 4.69) is 31.2 Å². The maximum absolute atomic E-state index is 2.36. The van der Waals surface area contributed by atoms with E-state index in [0.29, 0.717) is 0 Å². The third-order valence-corrected chi connectivity index (χ3v) is 2.96. The lowest BCUT2D eigenvalue weighted by Gasteiger charge is -2.23. The molecule has 2 aliphatic carbocycles. The monoisotopic (exact) mass is 160 g/mol. The van der Waals surface area contributed by atoms with Crippen LogP contribution in [0, 0.1) is 5.92 Å². The molecule has 0 nitrogen and oxygen atoms in total. The summed E-state index contributed by atoms with van der Waals surface area (Å²) in [5, 5.41) is 0. The number of hydrogen-bond acceptors (Lipinski definition) is 0. The molecule has 1 atom stereocenters. The van der Waals surface area contributed by atoms with Gasteiger partial charge in [-0.25, -0.2) is 0 Å². The third-order valence-electron chi connectivity index (χ3n) is 2.96. The SMILES string of the molecule is CC1CCCCC1=C1C=CC=C1. The molecule has 1 unspecified atom stereocenters. The van der Waals surface area contributed by atoms with Crippen LogP contribution < -0.4 is 0 Å². The minimum absolute atomic E-state index is 0.821. The Labute approximate surface area is 74.7 Å². The van der Waals surface area contributed by atoms with Crippen molar-refractivity contribution in [3.63, 3.8) is 0 Å². The molecule has 0 heteroatoms. The highest BCUT2D eigenvalue weighted by molar-refractivity contribution is 5.44. The molecule has 0 aromatic carbocycles. The van der Waals surface area contributed by atoms with Crippen molar-refractivity contribution in [2.45, 2.75) is 32.6 Å². The normalized spacial score (nSPS) is 28.6. The van der Waals surface area contributed by atoms with Crippen LogP contribution in [0.2, 0.25) is 0 Å². The zero-order chi connectivity index (χ0) is 8.39. The standard InChI is InChI=1S/C12H16/c1-10-6-2-5-9-12(10)11-7-3-4-8-11/h3-4,7-8,10H,2,5-6,9H2,1H3. The maximum Gasteiger partial charge on any atom is -0.0223 e. The Morgan fingerprint density at radius 3 is 2.58 bits per heavy atom. The summed E-state index contributed by atoms with van der Waals surface area (Å²) in [5.41, 5.74) is 3.17. The largest absolute Gasteiger partial charge is 0.0617 e. The average Bonchev–Trinajstić information content (AvgIpc) is 2.57. The predicted molar refractivity (Wildman–Crippen MR) is 52.9 cm³/mol. The van der Waals surface area contributed by atoms with E-state index < -0.39 is 0 Å². The van der Waals surface area contributed by atoms with E-state index in [1.807, 2.05) is 0 Å². The van der Waals surface area contributed by atoms with Crippen LogP contribution in [-0.4, -0.2) is 0 Å². The van der Waals surface area contributed by atoms with Gasteiger partial charge in [-0.2, -0.15) is 0 Å². The lowest BCUT2D eigenvalue weighted by Crippen LogP contribution is -2.07. The van der Waals surface area contributed by atoms with Crippen LogP contribution in [0.5, 0.6) is 0 Å². The minimum atomic E-state index is 0.821. The van der Waals surface area contributed by atoms with Gasteiger partial charge in [0, 0.05) is 0 Å². The molecular weight excluding hydrogens is 144 g/mol. The average molecular weight is 160 g/mol. The fourth-order valence-electron chi connectivity index (χ4n) is 2.20. The van der Waals surface area contributed by atoms with Crippen LogP contribution in [0.25, 0.3) is 0 Å². The van der Waals surface area contributed by atoms with Crippen LogP contribution in [0.4, 0.5) is 0 Å². The molecule has 1 saturated carbocycles. The van der Waals surface area contributed by atoms with Crippen LogP contribution in [0.3, 0.4) is 0 Å². The second kappa shape index (κ2) is 3.30. The van der Waals surface area contributed by atoms with Gasteiger partial charge < -0.3 is 0 Å². The molecule has 0 saturated heterocycles. The van der Waals surface area contributed by atoms with E-state index in [4.69, 9.17) is 0 Å². The van der Waals surface area contributed by atoms with Gasteiger partial charge in [-0.3, -0.25) is 0 Å². The van der Waals surface area contributed by atoms with E-state index in [0.717, 1.165) is 5.92 Å². The smallest absolute Gasteiger partial charge is 0.0223 e. The Morgan fingerprint density at radius 1 is 1.17 bits per heavy atom. The summed E-state index contributed by atoms with van der Waals surface area (Å²) in [6, 6.07) is 0. The van der Waals surface area contributed by atoms with Crippen LogP contribution >= 0.6 is 0 Å². The van der Waals surface area contributed by atoms with Gasteiger partial charge in [-0.05, 0) is 30.8 Å². The number of hydrogen-bond donors (Lipinski definition) is 0. The van der Waals surface area contributed by atoms with Crippen molar-refractivity contribution in [3.05, 3.63) is 35.5 Å². The van der Waals surface area contributed by atoms with E-state index in [-0.39, 0.29) is 0 Å². The molecule has 2 aliphatic rings. The Kier molecular flexibility index (Phi) is 2.16. The summed E-state index contributed by atoms with van der Waals surface area (Å²) in [5.74, 6) is 0.821. The maximum atomic E-state index is 2.36. The molecule has 0 radical (unpaired) electrons. The van der Waals surface area contributed by atoms with Gasteiger partial charge in [0.05, 0.1) is 0 Å². The van der Waals surface area contributed by atoms with Crippen molar-refractivity contribution in [1.29, 1.82) is 0 Å². The highest BCUT2D eigenvalue weighted by Crippen LogP contribution is 2.32. The molecule has 0 heterocycles. The molecule has 0 spiro atoms. The van der Waals surface area contributed by atoms with Gasteiger partial charge in [0.2, 0.25) is 0 Å². The zero-order valence-corrected chi connectivity index (χ0v) is 7.72. The highest BCUT2D eigenvalue weighted by Gasteiger charge is 2.16. The third kappa shape index (κ3) is 1.38. The molecule has 0 amide bonds. The van der Waals surface area contributed by atoms with Gasteiger partial charge >= 0.3 is 0 Å². The van der Waals surface area contributed by atoms with E-state index >= 15 is 0 Å². The fourth-order valence-corrected chi connectivity index (χ4v) is 2.20. The molecule has 0 aromatic heterocycles. The van der Waals surface area contributed by atoms with Gasteiger partial charge in [0.15, 0.2) is 0 Å². The second-order valence-corrected chi connectivity index (χ2v) is 3.85. The topological polar surface area (TPSA) is 0 Å². The zero-order valence-electron chi connectivity index (χ0n) is 7.72. The Hall–Kier alpha value is -0.780. The number of allylic oxidation sites excluding steroid dienone is 6. The summed E-state index contributed by atoms with van der Waals surface area (Å²) in [6.45, 7) is 2.36. The summed E-state index contributed by atoms with van der Waals surface area (Å²) in [6.07, 6.45) is 14.3. The Morgan fingerprint density at radius 2 is 1.92 bits per heavy atom. The molecule has 0 N–H and O–H groups in total. The first-order valence-electron chi connectivity index (χ1n) is 4.96. The summed E-state index contributed by atoms with van der Waals surface area (Å²) < 4.78 is 0. The molecule has 1 fully saturated rings. The van der Waals surface area contributed by atoms with Crippen molar-refractivity contribution in [3.8, 4) is 0 Å². The molecule has 64 valence electrons. The minimum Gasteiger partial charge on any atom is -0.0617 e. The van der Waals surface area contributed by atoms with E-state index in [9.17, 15) is 0 Å². The lowest BCUT2D eigenvalue weighted by molar-refractivity contribution is 0.481. The van der Waals surface area contributed by atoms with E-state index in [1.54, 1.807) is 5.57 Å². The van der Waals surface area contributed by atoms with Crippen molar-refractivity contribution in [2.75, 3.05) is 0 Å². The molecule has 0 bridgehead atoms. The van der Waals surface area contributed by atoms with E-state index in [1.165, 1.54) is 31.3 Å². The first-order valence-corrected chi connectivity index (χ1v) is 4.96. The van der Waals surface area contributed by atoms with Crippen molar-refractivity contribution < 1.29 is 0 Å². The molecular formula is C12H16. The highest BCUT2D eigenvalue weighted by atomic mass is 14.2. The first-order chi connectivity index (χ1) is 5.88. The number of rotatable bonds is 0. The lowest BCUT2D eigenvalue weighted by atomic mass is 9.83. The molecule has 12 heavy (non-hydrogen) atoms. The van der Waals surface area contributed by atoms with Crippen LogP contribution in [0.1, 0.15) is 32.6 Å². The molecule has 0 aromatic rings. The first kappa shape index (κ1) is 7.85. The van der Waals surface area contributed by atoms with Gasteiger partial charge in [-0.1, -0.05) is 43.2 Å². The van der Waals surface area contributed by atoms with Crippen molar-refractivity contribution in [1.82, 2.24) is 0 Å². The quantitative estimate of drug-likeness (QED) is 0.507. The molecule has 0 aliphatic heterocycles. The Bertz CT molecular complexity index is 239. The van der Waals surface area contributed by atoms with Gasteiger partial charge in [0.25, 0.3) is 0 Å². The second-order valence-electron chi connectivity index (χ2n) is 3.85. The van der Waals surface area contributed by atoms with Crippen LogP contribution in [-0.2, 0) is 0 Å². The van der Waals surface area contributed by atoms with Gasteiger partial charge in [0.1, 0.15) is 0 Å². The predicted octanol–water partition coefficient (Wildman–Crippen LogP) is 3.62. The Balaban J connectivity index is 2.24. The fraction of sp³-hybridized carbons (Fsp3) is 0.500. The van der Waals surface area contributed by atoms with Crippen molar-refractivity contribution in [2.24, 2.45) is 5.92 Å². The summed E-state index contributed by atoms with van der Waals surface area (Å²) >= 11 is 0. The summed E-state index contributed by atoms with van der Waals surface area (Å²) in [7, 11) is 0. The molecule has 2 rings (SSSR count). The summed E-state index contributed by atoms with van der Waals surface area (Å²) in [4.78, 5) is 0. The van der Waals surface area contributed by atoms with Crippen molar-refractivity contribution >= 4 is 0 Å². The van der Waals surface area contributed by atoms with Gasteiger partial charge in [-0.15, -0.1) is 0 Å². The van der Waals surface area contributed by atoms with Crippen LogP contribution in [0.15, 0.2) is 35.5 Å².